The van der Waals surface area contributed by atoms with Crippen molar-refractivity contribution in [1.82, 2.24) is 0 Å². The standard InChI is InChI=1S/C41H56O26/c1-12-13-52-39-36(60-24(9)49)34(58-22(7)47)31(28(63-39)15-54-18(3)43)66-41-38(62-26(11)51)35(59-23(8)48)32(29(65-41)16-55-19(4)44)67-40-37(61-25(10)50)33(57-21(6)46)30(56-20(5)45)27(64-40)14-53-17(2)42/h12,27-41H,1,13-16H2,2-11H3/t27?,28?,29?,30-,31-,32-,33-,34-,35-,36?,37?,38?,39+,40-,41-/m0/s1. The number of hydrogen-bond donors (Lipinski definition) is 0. The van der Waals surface area contributed by atoms with Crippen LogP contribution in [0.2, 0.25) is 0 Å². The van der Waals surface area contributed by atoms with E-state index in [-0.39, 0.29) is 6.61 Å². The van der Waals surface area contributed by atoms with Crippen LogP contribution in [-0.2, 0) is 124 Å². The van der Waals surface area contributed by atoms with E-state index in [9.17, 15) is 47.9 Å². The molecule has 0 bridgehead atoms. The van der Waals surface area contributed by atoms with Crippen LogP contribution in [0, 0.1) is 0 Å². The highest BCUT2D eigenvalue weighted by Gasteiger charge is 2.60. The molecule has 0 spiro atoms. The molecule has 67 heavy (non-hydrogen) atoms. The van der Waals surface area contributed by atoms with Crippen LogP contribution in [0.5, 0.6) is 0 Å². The molecule has 376 valence electrons. The normalized spacial score (nSPS) is 31.3. The number of esters is 10. The van der Waals surface area contributed by atoms with E-state index in [0.29, 0.717) is 0 Å². The van der Waals surface area contributed by atoms with E-state index >= 15 is 0 Å². The molecule has 0 aromatic carbocycles. The molecule has 3 aliphatic heterocycles. The molecule has 0 radical (unpaired) electrons. The molecule has 0 amide bonds. The zero-order valence-corrected chi connectivity index (χ0v) is 38.4. The molecule has 0 aromatic rings. The molecule has 3 fully saturated rings. The van der Waals surface area contributed by atoms with Gasteiger partial charge in [-0.15, -0.1) is 6.58 Å². The number of rotatable bonds is 20. The molecule has 3 rings (SSSR count). The number of hydrogen-bond acceptors (Lipinski definition) is 26. The van der Waals surface area contributed by atoms with Crippen LogP contribution in [0.4, 0.5) is 0 Å². The van der Waals surface area contributed by atoms with E-state index in [0.717, 1.165) is 69.2 Å². The predicted molar refractivity (Wildman–Crippen MR) is 211 cm³/mol. The highest BCUT2D eigenvalue weighted by atomic mass is 16.8. The molecule has 15 atom stereocenters. The van der Waals surface area contributed by atoms with Crippen LogP contribution in [0.1, 0.15) is 69.2 Å². The first-order valence-corrected chi connectivity index (χ1v) is 20.5. The van der Waals surface area contributed by atoms with Gasteiger partial charge in [0.05, 0.1) is 6.61 Å². The summed E-state index contributed by atoms with van der Waals surface area (Å²) in [7, 11) is 0. The second-order valence-electron chi connectivity index (χ2n) is 14.9. The summed E-state index contributed by atoms with van der Waals surface area (Å²) in [5, 5.41) is 0. The third-order valence-corrected chi connectivity index (χ3v) is 9.20. The topological polar surface area (TPSA) is 318 Å². The Morgan fingerprint density at radius 1 is 0.358 bits per heavy atom. The fourth-order valence-electron chi connectivity index (χ4n) is 7.05. The zero-order chi connectivity index (χ0) is 50.3. The first-order valence-electron chi connectivity index (χ1n) is 20.5. The third kappa shape index (κ3) is 17.1. The molecular weight excluding hydrogens is 908 g/mol. The van der Waals surface area contributed by atoms with Crippen LogP contribution in [-0.4, -0.2) is 178 Å². The molecule has 3 aliphatic rings. The number of carbonyl (C=O) groups excluding carboxylic acids is 10. The quantitative estimate of drug-likeness (QED) is 0.0831. The predicted octanol–water partition coefficient (Wildman–Crippen LogP) is -0.655. The highest BCUT2D eigenvalue weighted by molar-refractivity contribution is 5.70. The van der Waals surface area contributed by atoms with Gasteiger partial charge in [-0.1, -0.05) is 6.08 Å². The number of carbonyl (C=O) groups is 10. The van der Waals surface area contributed by atoms with Crippen molar-refractivity contribution >= 4 is 59.7 Å². The van der Waals surface area contributed by atoms with Crippen molar-refractivity contribution in [1.29, 1.82) is 0 Å². The first-order chi connectivity index (χ1) is 31.4. The van der Waals surface area contributed by atoms with Crippen molar-refractivity contribution in [3.05, 3.63) is 12.7 Å². The van der Waals surface area contributed by atoms with Gasteiger partial charge < -0.3 is 75.8 Å². The minimum absolute atomic E-state index is 0.190. The molecule has 3 saturated heterocycles. The Bertz CT molecular complexity index is 1810. The van der Waals surface area contributed by atoms with E-state index in [4.69, 9.17) is 75.8 Å². The number of ether oxygens (including phenoxy) is 16. The second kappa shape index (κ2) is 25.9. The minimum Gasteiger partial charge on any atom is -0.463 e. The van der Waals surface area contributed by atoms with Gasteiger partial charge in [0.25, 0.3) is 0 Å². The summed E-state index contributed by atoms with van der Waals surface area (Å²) in [6.45, 7) is 11.4. The Balaban J connectivity index is 2.30. The van der Waals surface area contributed by atoms with Crippen LogP contribution >= 0.6 is 0 Å². The average Bonchev–Trinajstić information content (AvgIpc) is 3.19. The first kappa shape index (κ1) is 55.5. The lowest BCUT2D eigenvalue weighted by atomic mass is 9.95. The van der Waals surface area contributed by atoms with Gasteiger partial charge in [-0.25, -0.2) is 0 Å². The molecule has 26 nitrogen and oxygen atoms in total. The summed E-state index contributed by atoms with van der Waals surface area (Å²) in [4.78, 5) is 125. The van der Waals surface area contributed by atoms with Gasteiger partial charge in [0.2, 0.25) is 0 Å². The lowest BCUT2D eigenvalue weighted by Gasteiger charge is -2.50. The van der Waals surface area contributed by atoms with Gasteiger partial charge in [-0.2, -0.15) is 0 Å². The lowest BCUT2D eigenvalue weighted by molar-refractivity contribution is -0.379. The van der Waals surface area contributed by atoms with E-state index in [1.807, 2.05) is 0 Å². The summed E-state index contributed by atoms with van der Waals surface area (Å²) in [6.07, 6.45) is -24.9. The van der Waals surface area contributed by atoms with Crippen molar-refractivity contribution in [2.45, 2.75) is 161 Å². The van der Waals surface area contributed by atoms with Crippen LogP contribution in [0.3, 0.4) is 0 Å². The maximum atomic E-state index is 13.0. The largest absolute Gasteiger partial charge is 0.463 e. The Hall–Kier alpha value is -5.80. The zero-order valence-electron chi connectivity index (χ0n) is 38.4. The van der Waals surface area contributed by atoms with Crippen molar-refractivity contribution in [2.75, 3.05) is 26.4 Å². The maximum absolute atomic E-state index is 13.0. The van der Waals surface area contributed by atoms with Crippen molar-refractivity contribution in [3.63, 3.8) is 0 Å². The molecule has 0 N–H and O–H groups in total. The van der Waals surface area contributed by atoms with Crippen molar-refractivity contribution < 1.29 is 124 Å². The Labute approximate surface area is 383 Å². The van der Waals surface area contributed by atoms with Crippen LogP contribution < -0.4 is 0 Å². The SMILES string of the molecule is C=CCO[C@@H]1OC(COC(C)=O)[C@H](O[C@@H]2OC(COC(C)=O)[C@H](O[C@@H]3OC(COC(C)=O)[C@H](OC(C)=O)[C@H](OC(C)=O)C3OC(C)=O)[C@H](OC(C)=O)C2OC(C)=O)[C@H](OC(C)=O)C1OC(C)=O. The Morgan fingerprint density at radius 3 is 0.910 bits per heavy atom. The van der Waals surface area contributed by atoms with Gasteiger partial charge in [0, 0.05) is 69.2 Å². The van der Waals surface area contributed by atoms with Gasteiger partial charge in [0.1, 0.15) is 50.3 Å². The van der Waals surface area contributed by atoms with Gasteiger partial charge in [0.15, 0.2) is 61.6 Å². The fourth-order valence-corrected chi connectivity index (χ4v) is 7.05. The smallest absolute Gasteiger partial charge is 0.303 e. The molecule has 3 heterocycles. The summed E-state index contributed by atoms with van der Waals surface area (Å²) in [6, 6.07) is 0. The van der Waals surface area contributed by atoms with E-state index in [2.05, 4.69) is 6.58 Å². The van der Waals surface area contributed by atoms with Gasteiger partial charge >= 0.3 is 59.7 Å². The Kier molecular flexibility index (Phi) is 21.5. The molecule has 26 heteroatoms. The summed E-state index contributed by atoms with van der Waals surface area (Å²) >= 11 is 0. The average molecular weight is 965 g/mol. The summed E-state index contributed by atoms with van der Waals surface area (Å²) in [5.74, 6) is -9.38. The van der Waals surface area contributed by atoms with E-state index in [1.54, 1.807) is 0 Å². The second-order valence-corrected chi connectivity index (χ2v) is 14.9. The lowest BCUT2D eigenvalue weighted by Crippen LogP contribution is -2.69. The van der Waals surface area contributed by atoms with Crippen LogP contribution in [0.15, 0.2) is 12.7 Å². The van der Waals surface area contributed by atoms with E-state index in [1.165, 1.54) is 6.08 Å². The molecule has 0 aromatic heterocycles. The molecule has 0 aliphatic carbocycles. The Morgan fingerprint density at radius 2 is 0.612 bits per heavy atom. The summed E-state index contributed by atoms with van der Waals surface area (Å²) < 4.78 is 91.6. The summed E-state index contributed by atoms with van der Waals surface area (Å²) in [5.41, 5.74) is 0. The third-order valence-electron chi connectivity index (χ3n) is 9.20. The monoisotopic (exact) mass is 964 g/mol. The molecule has 0 saturated carbocycles. The maximum Gasteiger partial charge on any atom is 0.303 e. The molecular formula is C41H56O26. The highest BCUT2D eigenvalue weighted by Crippen LogP contribution is 2.38. The van der Waals surface area contributed by atoms with Gasteiger partial charge in [-0.05, 0) is 0 Å². The fraction of sp³-hybridized carbons (Fsp3) is 0.707. The van der Waals surface area contributed by atoms with Crippen LogP contribution in [0.25, 0.3) is 0 Å². The van der Waals surface area contributed by atoms with Gasteiger partial charge in [-0.3, -0.25) is 47.9 Å². The van der Waals surface area contributed by atoms with Crippen molar-refractivity contribution in [2.24, 2.45) is 0 Å². The minimum atomic E-state index is -2.00. The molecule has 6 unspecified atom stereocenters. The van der Waals surface area contributed by atoms with Crippen molar-refractivity contribution in [3.8, 4) is 0 Å². The van der Waals surface area contributed by atoms with E-state index < -0.39 is 172 Å².